The highest BCUT2D eigenvalue weighted by molar-refractivity contribution is 5.96. The summed E-state index contributed by atoms with van der Waals surface area (Å²) >= 11 is 0. The number of aromatic nitrogens is 1. The highest BCUT2D eigenvalue weighted by atomic mass is 16.4. The fourth-order valence-corrected chi connectivity index (χ4v) is 3.71. The first-order chi connectivity index (χ1) is 12.9. The summed E-state index contributed by atoms with van der Waals surface area (Å²) < 4.78 is 1.83. The normalized spacial score (nSPS) is 16.9. The summed E-state index contributed by atoms with van der Waals surface area (Å²) in [5.41, 5.74) is 1.54. The van der Waals surface area contributed by atoms with Crippen LogP contribution in [0.1, 0.15) is 28.4 Å². The number of carboxylic acids is 2. The van der Waals surface area contributed by atoms with Crippen LogP contribution in [0.4, 0.5) is 0 Å². The molecule has 8 heteroatoms. The minimum atomic E-state index is -1.04. The van der Waals surface area contributed by atoms with Gasteiger partial charge in [-0.05, 0) is 18.2 Å². The lowest BCUT2D eigenvalue weighted by Gasteiger charge is -2.37. The Bertz CT molecular complexity index is 906. The molecule has 1 aromatic heterocycles. The molecule has 1 saturated heterocycles. The predicted molar refractivity (Wildman–Crippen MR) is 98.5 cm³/mol. The Morgan fingerprint density at radius 1 is 1.22 bits per heavy atom. The number of aliphatic carboxylic acids is 1. The van der Waals surface area contributed by atoms with Crippen molar-refractivity contribution in [1.82, 2.24) is 14.4 Å². The van der Waals surface area contributed by atoms with E-state index >= 15 is 0 Å². The van der Waals surface area contributed by atoms with Gasteiger partial charge in [0.05, 0.1) is 11.6 Å². The Labute approximate surface area is 156 Å². The van der Waals surface area contributed by atoms with Gasteiger partial charge in [0.15, 0.2) is 0 Å². The summed E-state index contributed by atoms with van der Waals surface area (Å²) in [6.07, 6.45) is 2.24. The van der Waals surface area contributed by atoms with Gasteiger partial charge < -0.3 is 14.8 Å². The molecule has 1 atom stereocenters. The second-order valence-electron chi connectivity index (χ2n) is 6.76. The second-order valence-corrected chi connectivity index (χ2v) is 6.76. The molecule has 1 aliphatic heterocycles. The first-order valence-electron chi connectivity index (χ1n) is 8.81. The quantitative estimate of drug-likeness (QED) is 0.793. The summed E-state index contributed by atoms with van der Waals surface area (Å²) in [7, 11) is 1.82. The lowest BCUT2D eigenvalue weighted by atomic mass is 10.0. The van der Waals surface area contributed by atoms with E-state index in [0.29, 0.717) is 50.1 Å². The maximum absolute atomic E-state index is 12.1. The Balaban J connectivity index is 1.92. The van der Waals surface area contributed by atoms with Crippen molar-refractivity contribution < 1.29 is 19.8 Å². The molecule has 0 saturated carbocycles. The number of nitrogens with zero attached hydrogens (tertiary/aromatic N) is 4. The summed E-state index contributed by atoms with van der Waals surface area (Å²) in [6.45, 7) is 3.26. The van der Waals surface area contributed by atoms with E-state index in [2.05, 4.69) is 11.0 Å². The van der Waals surface area contributed by atoms with Gasteiger partial charge in [-0.2, -0.15) is 5.26 Å². The second kappa shape index (κ2) is 7.78. The van der Waals surface area contributed by atoms with Crippen LogP contribution < -0.4 is 0 Å². The van der Waals surface area contributed by atoms with Gasteiger partial charge >= 0.3 is 11.9 Å². The molecule has 1 fully saturated rings. The lowest BCUT2D eigenvalue weighted by molar-refractivity contribution is -0.144. The third kappa shape index (κ3) is 3.79. The molecule has 1 aliphatic rings. The molecular weight excluding hydrogens is 348 g/mol. The predicted octanol–water partition coefficient (Wildman–Crippen LogP) is 1.53. The number of nitriles is 1. The highest BCUT2D eigenvalue weighted by Gasteiger charge is 2.32. The lowest BCUT2D eigenvalue weighted by Crippen LogP contribution is -2.49. The molecule has 2 heterocycles. The van der Waals surface area contributed by atoms with Gasteiger partial charge in [0.25, 0.3) is 0 Å². The first kappa shape index (κ1) is 18.9. The molecule has 1 aromatic carbocycles. The van der Waals surface area contributed by atoms with Crippen LogP contribution in [0.15, 0.2) is 24.4 Å². The van der Waals surface area contributed by atoms with Crippen LogP contribution in [-0.4, -0.2) is 69.2 Å². The standard InChI is InChI=1S/C19H22N4O4/c1-21-12-15(14-11-13(18(24)25)3-4-16(14)21)17(19(26)27)23-9-7-22(8-10-23)6-2-5-20/h3-4,11-12,17H,2,6-10H2,1H3,(H,24,25)(H,26,27)/t17-/m1/s1. The number of carbonyl (C=O) groups is 2. The van der Waals surface area contributed by atoms with Gasteiger partial charge in [-0.15, -0.1) is 0 Å². The first-order valence-corrected chi connectivity index (χ1v) is 8.81. The van der Waals surface area contributed by atoms with Crippen molar-refractivity contribution in [3.8, 4) is 6.07 Å². The van der Waals surface area contributed by atoms with Gasteiger partial charge in [0.1, 0.15) is 6.04 Å². The molecule has 0 bridgehead atoms. The van der Waals surface area contributed by atoms with E-state index < -0.39 is 18.0 Å². The molecule has 0 aliphatic carbocycles. The van der Waals surface area contributed by atoms with Crippen molar-refractivity contribution in [2.75, 3.05) is 32.7 Å². The highest BCUT2D eigenvalue weighted by Crippen LogP contribution is 2.31. The largest absolute Gasteiger partial charge is 0.480 e. The summed E-state index contributed by atoms with van der Waals surface area (Å²) in [6, 6.07) is 6.08. The summed E-state index contributed by atoms with van der Waals surface area (Å²) in [5.74, 6) is -1.99. The number of piperazine rings is 1. The van der Waals surface area contributed by atoms with E-state index in [1.807, 2.05) is 16.5 Å². The third-order valence-electron chi connectivity index (χ3n) is 5.11. The van der Waals surface area contributed by atoms with Crippen LogP contribution in [-0.2, 0) is 11.8 Å². The number of carboxylic acid groups (broad SMARTS) is 2. The van der Waals surface area contributed by atoms with Crippen molar-refractivity contribution in [2.24, 2.45) is 7.05 Å². The van der Waals surface area contributed by atoms with E-state index in [0.717, 1.165) is 5.52 Å². The van der Waals surface area contributed by atoms with Gasteiger partial charge in [0, 0.05) is 68.9 Å². The number of aryl methyl sites for hydroxylation is 1. The molecule has 0 unspecified atom stereocenters. The monoisotopic (exact) mass is 370 g/mol. The van der Waals surface area contributed by atoms with Gasteiger partial charge in [0.2, 0.25) is 0 Å². The van der Waals surface area contributed by atoms with Crippen molar-refractivity contribution >= 4 is 22.8 Å². The molecule has 0 spiro atoms. The maximum Gasteiger partial charge on any atom is 0.335 e. The van der Waals surface area contributed by atoms with Crippen molar-refractivity contribution in [3.05, 3.63) is 35.5 Å². The molecule has 8 nitrogen and oxygen atoms in total. The van der Waals surface area contributed by atoms with Gasteiger partial charge in [-0.3, -0.25) is 14.6 Å². The Hall–Kier alpha value is -2.89. The van der Waals surface area contributed by atoms with Crippen LogP contribution in [0.2, 0.25) is 0 Å². The van der Waals surface area contributed by atoms with Gasteiger partial charge in [-0.25, -0.2) is 4.79 Å². The Kier molecular flexibility index (Phi) is 5.44. The number of fused-ring (bicyclic) bond motifs is 1. The van der Waals surface area contributed by atoms with E-state index in [4.69, 9.17) is 5.26 Å². The number of benzene rings is 1. The number of hydrogen-bond donors (Lipinski definition) is 2. The molecular formula is C19H22N4O4. The van der Waals surface area contributed by atoms with Crippen LogP contribution in [0.3, 0.4) is 0 Å². The van der Waals surface area contributed by atoms with Gasteiger partial charge in [-0.1, -0.05) is 0 Å². The zero-order valence-corrected chi connectivity index (χ0v) is 15.1. The van der Waals surface area contributed by atoms with Crippen LogP contribution in [0.5, 0.6) is 0 Å². The number of hydrogen-bond acceptors (Lipinski definition) is 5. The van der Waals surface area contributed by atoms with E-state index in [1.165, 1.54) is 6.07 Å². The van der Waals surface area contributed by atoms with Crippen LogP contribution in [0, 0.1) is 11.3 Å². The van der Waals surface area contributed by atoms with Crippen molar-refractivity contribution in [1.29, 1.82) is 5.26 Å². The van der Waals surface area contributed by atoms with Crippen molar-refractivity contribution in [2.45, 2.75) is 12.5 Å². The molecule has 2 N–H and O–H groups in total. The Morgan fingerprint density at radius 3 is 2.52 bits per heavy atom. The molecule has 2 aromatic rings. The maximum atomic E-state index is 12.1. The minimum Gasteiger partial charge on any atom is -0.480 e. The average molecular weight is 370 g/mol. The number of aromatic carboxylic acids is 1. The fourth-order valence-electron chi connectivity index (χ4n) is 3.71. The summed E-state index contributed by atoms with van der Waals surface area (Å²) in [4.78, 5) is 27.5. The topological polar surface area (TPSA) is 110 Å². The average Bonchev–Trinajstić information content (AvgIpc) is 2.97. The Morgan fingerprint density at radius 2 is 1.93 bits per heavy atom. The zero-order chi connectivity index (χ0) is 19.6. The molecule has 3 rings (SSSR count). The molecule has 27 heavy (non-hydrogen) atoms. The molecule has 0 radical (unpaired) electrons. The SMILES string of the molecule is Cn1cc([C@H](C(=O)O)N2CCN(CCC#N)CC2)c2cc(C(=O)O)ccc21. The smallest absolute Gasteiger partial charge is 0.335 e. The zero-order valence-electron chi connectivity index (χ0n) is 15.1. The van der Waals surface area contributed by atoms with Crippen LogP contribution in [0.25, 0.3) is 10.9 Å². The summed E-state index contributed by atoms with van der Waals surface area (Å²) in [5, 5.41) is 28.5. The minimum absolute atomic E-state index is 0.139. The van der Waals surface area contributed by atoms with E-state index in [9.17, 15) is 19.8 Å². The van der Waals surface area contributed by atoms with E-state index in [1.54, 1.807) is 18.3 Å². The van der Waals surface area contributed by atoms with Crippen LogP contribution >= 0.6 is 0 Å². The number of rotatable bonds is 6. The molecule has 142 valence electrons. The van der Waals surface area contributed by atoms with E-state index in [-0.39, 0.29) is 5.56 Å². The molecule has 0 amide bonds. The van der Waals surface area contributed by atoms with Crippen molar-refractivity contribution in [3.63, 3.8) is 0 Å². The third-order valence-corrected chi connectivity index (χ3v) is 5.11. The fraction of sp³-hybridized carbons (Fsp3) is 0.421.